The van der Waals surface area contributed by atoms with E-state index in [2.05, 4.69) is 4.99 Å². The number of carbonyl (C=O) groups is 1. The van der Waals surface area contributed by atoms with Crippen molar-refractivity contribution < 1.29 is 14.1 Å². The zero-order chi connectivity index (χ0) is 21.3. The summed E-state index contributed by atoms with van der Waals surface area (Å²) < 4.78 is 14.5. The van der Waals surface area contributed by atoms with Crippen molar-refractivity contribution in [1.82, 2.24) is 0 Å². The Morgan fingerprint density at radius 1 is 1.07 bits per heavy atom. The molecule has 0 atom stereocenters. The molecule has 1 heterocycles. The molecule has 0 saturated carbocycles. The molecular weight excluding hydrogens is 385 g/mol. The van der Waals surface area contributed by atoms with Gasteiger partial charge in [-0.15, -0.1) is 0 Å². The smallest absolute Gasteiger partial charge is 0.270 e. The van der Waals surface area contributed by atoms with Gasteiger partial charge in [0.05, 0.1) is 22.9 Å². The number of nitro benzene ring substituents is 1. The molecule has 0 aliphatic carbocycles. The van der Waals surface area contributed by atoms with Crippen LogP contribution in [0.3, 0.4) is 0 Å². The van der Waals surface area contributed by atoms with Gasteiger partial charge in [0.1, 0.15) is 12.4 Å². The Morgan fingerprint density at radius 3 is 2.50 bits per heavy atom. The van der Waals surface area contributed by atoms with Gasteiger partial charge in [0.2, 0.25) is 5.91 Å². The third-order valence-electron chi connectivity index (χ3n) is 5.00. The van der Waals surface area contributed by atoms with E-state index in [9.17, 15) is 19.3 Å². The van der Waals surface area contributed by atoms with Crippen LogP contribution in [-0.4, -0.2) is 23.1 Å². The molecule has 1 amide bonds. The van der Waals surface area contributed by atoms with Crippen LogP contribution in [0, 0.1) is 22.9 Å². The summed E-state index contributed by atoms with van der Waals surface area (Å²) in [6, 6.07) is 18.1. The number of hydrogen-bond donors (Lipinski definition) is 0. The number of nitro groups is 1. The number of amides is 1. The van der Waals surface area contributed by atoms with E-state index in [0.29, 0.717) is 11.3 Å². The van der Waals surface area contributed by atoms with E-state index in [1.54, 1.807) is 23.1 Å². The molecule has 3 aromatic rings. The van der Waals surface area contributed by atoms with Crippen LogP contribution in [0.25, 0.3) is 0 Å². The van der Waals surface area contributed by atoms with Gasteiger partial charge in [-0.3, -0.25) is 19.9 Å². The quantitative estimate of drug-likeness (QED) is 0.478. The summed E-state index contributed by atoms with van der Waals surface area (Å²) in [6.45, 7) is 2.08. The summed E-state index contributed by atoms with van der Waals surface area (Å²) >= 11 is 0. The fraction of sp³-hybridized carbons (Fsp3) is 0.130. The Balaban J connectivity index is 1.86. The van der Waals surface area contributed by atoms with Gasteiger partial charge in [-0.25, -0.2) is 4.39 Å². The predicted molar refractivity (Wildman–Crippen MR) is 112 cm³/mol. The lowest BCUT2D eigenvalue weighted by Gasteiger charge is -2.23. The highest BCUT2D eigenvalue weighted by atomic mass is 19.1. The lowest BCUT2D eigenvalue weighted by Crippen LogP contribution is -2.32. The van der Waals surface area contributed by atoms with Crippen LogP contribution in [0.2, 0.25) is 0 Å². The van der Waals surface area contributed by atoms with Crippen LogP contribution in [-0.2, 0) is 11.3 Å². The number of aliphatic imine (C=N–C) groups is 1. The molecule has 6 nitrogen and oxygen atoms in total. The van der Waals surface area contributed by atoms with E-state index in [1.165, 1.54) is 24.3 Å². The van der Waals surface area contributed by atoms with E-state index in [-0.39, 0.29) is 36.0 Å². The lowest BCUT2D eigenvalue weighted by atomic mass is 9.98. The van der Waals surface area contributed by atoms with Crippen molar-refractivity contribution in [2.24, 2.45) is 4.99 Å². The summed E-state index contributed by atoms with van der Waals surface area (Å²) in [5.74, 6) is -0.773. The monoisotopic (exact) mass is 403 g/mol. The number of hydrogen-bond acceptors (Lipinski definition) is 4. The second-order valence-electron chi connectivity index (χ2n) is 7.07. The van der Waals surface area contributed by atoms with Crippen LogP contribution >= 0.6 is 0 Å². The Kier molecular flexibility index (Phi) is 5.10. The molecule has 1 aliphatic rings. The maximum absolute atomic E-state index is 14.5. The van der Waals surface area contributed by atoms with Crippen molar-refractivity contribution in [1.29, 1.82) is 0 Å². The molecule has 1 aliphatic heterocycles. The van der Waals surface area contributed by atoms with E-state index in [1.807, 2.05) is 31.2 Å². The molecule has 0 aromatic heterocycles. The highest BCUT2D eigenvalue weighted by molar-refractivity contribution is 6.20. The Hall–Kier alpha value is -3.87. The zero-order valence-electron chi connectivity index (χ0n) is 16.2. The topological polar surface area (TPSA) is 75.8 Å². The minimum absolute atomic E-state index is 0.151. The number of benzene rings is 3. The largest absolute Gasteiger partial charge is 0.306 e. The maximum Gasteiger partial charge on any atom is 0.270 e. The maximum atomic E-state index is 14.5. The molecule has 0 unspecified atom stereocenters. The zero-order valence-corrected chi connectivity index (χ0v) is 16.2. The van der Waals surface area contributed by atoms with Crippen LogP contribution in [0.5, 0.6) is 0 Å². The van der Waals surface area contributed by atoms with Crippen LogP contribution in [0.1, 0.15) is 22.3 Å². The van der Waals surface area contributed by atoms with Gasteiger partial charge < -0.3 is 4.90 Å². The van der Waals surface area contributed by atoms with Gasteiger partial charge in [0, 0.05) is 23.3 Å². The molecular formula is C23H18FN3O3. The Bertz CT molecular complexity index is 1170. The number of anilines is 1. The van der Waals surface area contributed by atoms with Crippen LogP contribution < -0.4 is 4.90 Å². The minimum Gasteiger partial charge on any atom is -0.306 e. The van der Waals surface area contributed by atoms with Crippen molar-refractivity contribution in [2.45, 2.75) is 13.5 Å². The van der Waals surface area contributed by atoms with Crippen LogP contribution in [0.15, 0.2) is 71.7 Å². The molecule has 30 heavy (non-hydrogen) atoms. The average Bonchev–Trinajstić information content (AvgIpc) is 2.87. The van der Waals surface area contributed by atoms with E-state index in [4.69, 9.17) is 0 Å². The molecule has 0 N–H and O–H groups in total. The van der Waals surface area contributed by atoms with Crippen molar-refractivity contribution >= 4 is 23.0 Å². The average molecular weight is 403 g/mol. The number of aryl methyl sites for hydroxylation is 1. The van der Waals surface area contributed by atoms with Gasteiger partial charge in [0.15, 0.2) is 0 Å². The molecule has 0 radical (unpaired) electrons. The minimum atomic E-state index is -0.518. The number of non-ortho nitro benzene ring substituents is 1. The number of halogens is 1. The third kappa shape index (κ3) is 3.69. The first-order chi connectivity index (χ1) is 14.4. The SMILES string of the molecule is Cc1ccc(CN2C(=O)CN=C(c3ccccc3F)c3cc([N+](=O)[O-])ccc32)cc1. The summed E-state index contributed by atoms with van der Waals surface area (Å²) in [5.41, 5.74) is 3.10. The fourth-order valence-corrected chi connectivity index (χ4v) is 3.45. The van der Waals surface area contributed by atoms with Crippen molar-refractivity contribution in [3.05, 3.63) is 105 Å². The summed E-state index contributed by atoms with van der Waals surface area (Å²) in [7, 11) is 0. The second-order valence-corrected chi connectivity index (χ2v) is 7.07. The molecule has 0 spiro atoms. The van der Waals surface area contributed by atoms with Gasteiger partial charge in [-0.1, -0.05) is 42.0 Å². The van der Waals surface area contributed by atoms with E-state index in [0.717, 1.165) is 11.1 Å². The van der Waals surface area contributed by atoms with E-state index < -0.39 is 10.7 Å². The van der Waals surface area contributed by atoms with Gasteiger partial charge in [-0.05, 0) is 30.7 Å². The highest BCUT2D eigenvalue weighted by Gasteiger charge is 2.28. The Morgan fingerprint density at radius 2 is 1.80 bits per heavy atom. The fourth-order valence-electron chi connectivity index (χ4n) is 3.45. The summed E-state index contributed by atoms with van der Waals surface area (Å²) in [5, 5.41) is 11.4. The van der Waals surface area contributed by atoms with Gasteiger partial charge >= 0.3 is 0 Å². The first kappa shape index (κ1) is 19.4. The number of fused-ring (bicyclic) bond motifs is 1. The van der Waals surface area contributed by atoms with Crippen LogP contribution in [0.4, 0.5) is 15.8 Å². The van der Waals surface area contributed by atoms with Crippen molar-refractivity contribution in [2.75, 3.05) is 11.4 Å². The molecule has 0 fully saturated rings. The molecule has 150 valence electrons. The van der Waals surface area contributed by atoms with Crippen molar-refractivity contribution in [3.63, 3.8) is 0 Å². The standard InChI is InChI=1S/C23H18FN3O3/c1-15-6-8-16(9-7-15)14-26-21-11-10-17(27(29)30)12-19(21)23(25-13-22(26)28)18-4-2-3-5-20(18)24/h2-12H,13-14H2,1H3. The molecule has 0 bridgehead atoms. The number of nitrogens with zero attached hydrogens (tertiary/aromatic N) is 3. The molecule has 7 heteroatoms. The summed E-state index contributed by atoms with van der Waals surface area (Å²) in [6.07, 6.45) is 0. The second kappa shape index (κ2) is 7.87. The molecule has 3 aromatic carbocycles. The van der Waals surface area contributed by atoms with Gasteiger partial charge in [-0.2, -0.15) is 0 Å². The third-order valence-corrected chi connectivity index (χ3v) is 5.00. The number of benzodiazepines with no additional fused rings is 1. The molecule has 4 rings (SSSR count). The summed E-state index contributed by atoms with van der Waals surface area (Å²) in [4.78, 5) is 29.7. The van der Waals surface area contributed by atoms with Gasteiger partial charge in [0.25, 0.3) is 5.69 Å². The highest BCUT2D eigenvalue weighted by Crippen LogP contribution is 2.32. The first-order valence-electron chi connectivity index (χ1n) is 9.38. The lowest BCUT2D eigenvalue weighted by molar-refractivity contribution is -0.384. The normalized spacial score (nSPS) is 13.5. The predicted octanol–water partition coefficient (Wildman–Crippen LogP) is 4.43. The first-order valence-corrected chi connectivity index (χ1v) is 9.38. The van der Waals surface area contributed by atoms with E-state index >= 15 is 0 Å². The number of carbonyl (C=O) groups excluding carboxylic acids is 1. The Labute approximate surface area is 172 Å². The van der Waals surface area contributed by atoms with Crippen molar-refractivity contribution in [3.8, 4) is 0 Å². The molecule has 0 saturated heterocycles. The number of rotatable bonds is 4.